The van der Waals surface area contributed by atoms with Crippen molar-refractivity contribution in [2.24, 2.45) is 4.99 Å². The molecule has 134 valence electrons. The fourth-order valence-corrected chi connectivity index (χ4v) is 3.49. The van der Waals surface area contributed by atoms with Gasteiger partial charge in [0.15, 0.2) is 0 Å². The SMILES string of the molecule is CCNCCNC(=O)CCCN=C1NS(=O)(=O)c2ccccc21.Cl. The first-order valence-corrected chi connectivity index (χ1v) is 9.17. The summed E-state index contributed by atoms with van der Waals surface area (Å²) in [5.74, 6) is 0.337. The predicted octanol–water partition coefficient (Wildman–Crippen LogP) is 0.653. The molecular weight excluding hydrogens is 352 g/mol. The number of rotatable bonds is 8. The quantitative estimate of drug-likeness (QED) is 0.582. The van der Waals surface area contributed by atoms with Gasteiger partial charge in [-0.1, -0.05) is 19.1 Å². The van der Waals surface area contributed by atoms with Crippen LogP contribution in [-0.2, 0) is 14.8 Å². The van der Waals surface area contributed by atoms with Crippen LogP contribution in [-0.4, -0.2) is 46.3 Å². The number of nitrogens with zero attached hydrogens (tertiary/aromatic N) is 1. The molecule has 0 aromatic heterocycles. The summed E-state index contributed by atoms with van der Waals surface area (Å²) in [6.45, 7) is 4.64. The Bertz CT molecular complexity index is 692. The van der Waals surface area contributed by atoms with Crippen molar-refractivity contribution in [3.05, 3.63) is 29.8 Å². The molecule has 0 atom stereocenters. The van der Waals surface area contributed by atoms with Gasteiger partial charge in [0.1, 0.15) is 5.84 Å². The van der Waals surface area contributed by atoms with E-state index >= 15 is 0 Å². The molecule has 7 nitrogen and oxygen atoms in total. The predicted molar refractivity (Wildman–Crippen MR) is 96.2 cm³/mol. The average Bonchev–Trinajstić information content (AvgIpc) is 2.80. The third-order valence-corrected chi connectivity index (χ3v) is 4.77. The Morgan fingerprint density at radius 1 is 1.25 bits per heavy atom. The first-order chi connectivity index (χ1) is 11.0. The number of amidine groups is 1. The standard InChI is InChI=1S/C15H22N4O3S.ClH/c1-2-16-10-11-17-14(20)8-5-9-18-15-12-6-3-4-7-13(12)23(21,22)19-15;/h3-4,6-7,16H,2,5,8-11H2,1H3,(H,17,20)(H,18,19);1H. The van der Waals surface area contributed by atoms with Crippen molar-refractivity contribution in [3.8, 4) is 0 Å². The van der Waals surface area contributed by atoms with Gasteiger partial charge in [-0.2, -0.15) is 0 Å². The molecule has 1 aliphatic heterocycles. The van der Waals surface area contributed by atoms with Gasteiger partial charge in [-0.25, -0.2) is 8.42 Å². The van der Waals surface area contributed by atoms with E-state index in [4.69, 9.17) is 0 Å². The van der Waals surface area contributed by atoms with Gasteiger partial charge in [0.05, 0.1) is 4.90 Å². The van der Waals surface area contributed by atoms with Gasteiger partial charge in [0, 0.05) is 31.6 Å². The monoisotopic (exact) mass is 374 g/mol. The van der Waals surface area contributed by atoms with E-state index in [0.717, 1.165) is 13.1 Å². The van der Waals surface area contributed by atoms with Crippen molar-refractivity contribution >= 4 is 34.2 Å². The zero-order valence-electron chi connectivity index (χ0n) is 13.5. The first kappa shape index (κ1) is 20.4. The summed E-state index contributed by atoms with van der Waals surface area (Å²) in [5, 5.41) is 5.94. The van der Waals surface area contributed by atoms with Gasteiger partial charge in [-0.15, -0.1) is 12.4 Å². The van der Waals surface area contributed by atoms with Gasteiger partial charge in [0.25, 0.3) is 10.0 Å². The number of hydrogen-bond acceptors (Lipinski definition) is 5. The summed E-state index contributed by atoms with van der Waals surface area (Å²) in [6.07, 6.45) is 0.942. The van der Waals surface area contributed by atoms with E-state index in [1.165, 1.54) is 0 Å². The number of benzene rings is 1. The molecule has 0 unspecified atom stereocenters. The third-order valence-electron chi connectivity index (χ3n) is 3.37. The van der Waals surface area contributed by atoms with Crippen LogP contribution >= 0.6 is 12.4 Å². The van der Waals surface area contributed by atoms with Gasteiger partial charge in [-0.3, -0.25) is 14.5 Å². The highest BCUT2D eigenvalue weighted by molar-refractivity contribution is 7.90. The maximum atomic E-state index is 11.9. The van der Waals surface area contributed by atoms with Crippen molar-refractivity contribution in [1.29, 1.82) is 0 Å². The molecule has 0 bridgehead atoms. The number of likely N-dealkylation sites (N-methyl/N-ethyl adjacent to an activating group) is 1. The lowest BCUT2D eigenvalue weighted by Gasteiger charge is -2.05. The van der Waals surface area contributed by atoms with Crippen molar-refractivity contribution < 1.29 is 13.2 Å². The van der Waals surface area contributed by atoms with Crippen LogP contribution in [0.2, 0.25) is 0 Å². The minimum Gasteiger partial charge on any atom is -0.355 e. The summed E-state index contributed by atoms with van der Waals surface area (Å²) in [5.41, 5.74) is 0.586. The van der Waals surface area contributed by atoms with Crippen LogP contribution in [0.5, 0.6) is 0 Å². The first-order valence-electron chi connectivity index (χ1n) is 7.68. The van der Waals surface area contributed by atoms with Gasteiger partial charge >= 0.3 is 0 Å². The summed E-state index contributed by atoms with van der Waals surface area (Å²) < 4.78 is 26.3. The minimum absolute atomic E-state index is 0. The van der Waals surface area contributed by atoms with E-state index in [9.17, 15) is 13.2 Å². The van der Waals surface area contributed by atoms with Crippen LogP contribution in [0.4, 0.5) is 0 Å². The van der Waals surface area contributed by atoms with Crippen LogP contribution < -0.4 is 15.4 Å². The molecule has 1 aromatic carbocycles. The molecule has 1 aliphatic rings. The normalized spacial score (nSPS) is 16.1. The topological polar surface area (TPSA) is 99.7 Å². The Morgan fingerprint density at radius 2 is 2.00 bits per heavy atom. The fourth-order valence-electron chi connectivity index (χ4n) is 2.24. The van der Waals surface area contributed by atoms with Crippen LogP contribution in [0.3, 0.4) is 0 Å². The van der Waals surface area contributed by atoms with E-state index < -0.39 is 10.0 Å². The Labute approximate surface area is 148 Å². The lowest BCUT2D eigenvalue weighted by Crippen LogP contribution is -2.31. The number of nitrogens with one attached hydrogen (secondary N) is 3. The lowest BCUT2D eigenvalue weighted by atomic mass is 10.2. The third kappa shape index (κ3) is 5.47. The molecule has 0 aliphatic carbocycles. The summed E-state index contributed by atoms with van der Waals surface area (Å²) in [6, 6.07) is 6.73. The molecule has 9 heteroatoms. The summed E-state index contributed by atoms with van der Waals surface area (Å²) in [4.78, 5) is 16.1. The highest BCUT2D eigenvalue weighted by atomic mass is 35.5. The van der Waals surface area contributed by atoms with Crippen molar-refractivity contribution in [3.63, 3.8) is 0 Å². The van der Waals surface area contributed by atoms with Crippen molar-refractivity contribution in [1.82, 2.24) is 15.4 Å². The molecule has 3 N–H and O–H groups in total. The number of carbonyl (C=O) groups is 1. The second-order valence-corrected chi connectivity index (χ2v) is 6.79. The number of fused-ring (bicyclic) bond motifs is 1. The molecule has 0 saturated heterocycles. The van der Waals surface area contributed by atoms with Crippen molar-refractivity contribution in [2.75, 3.05) is 26.2 Å². The maximum Gasteiger partial charge on any atom is 0.263 e. The number of halogens is 1. The van der Waals surface area contributed by atoms with E-state index in [0.29, 0.717) is 37.3 Å². The Balaban J connectivity index is 0.00000288. The summed E-state index contributed by atoms with van der Waals surface area (Å²) >= 11 is 0. The van der Waals surface area contributed by atoms with Crippen LogP contribution in [0.1, 0.15) is 25.3 Å². The number of hydrogen-bond donors (Lipinski definition) is 3. The fraction of sp³-hybridized carbons (Fsp3) is 0.467. The largest absolute Gasteiger partial charge is 0.355 e. The van der Waals surface area contributed by atoms with E-state index in [-0.39, 0.29) is 23.2 Å². The van der Waals surface area contributed by atoms with Crippen LogP contribution in [0, 0.1) is 0 Å². The maximum absolute atomic E-state index is 11.9. The van der Waals surface area contributed by atoms with Gasteiger partial charge in [0.2, 0.25) is 5.91 Å². The number of amides is 1. The van der Waals surface area contributed by atoms with Crippen LogP contribution in [0.15, 0.2) is 34.2 Å². The van der Waals surface area contributed by atoms with Crippen molar-refractivity contribution in [2.45, 2.75) is 24.7 Å². The second kappa shape index (κ2) is 9.61. The molecule has 0 fully saturated rings. The van der Waals surface area contributed by atoms with Gasteiger partial charge in [-0.05, 0) is 25.1 Å². The molecule has 0 spiro atoms. The number of carbonyl (C=O) groups excluding carboxylic acids is 1. The Kier molecular flexibility index (Phi) is 8.17. The molecule has 1 heterocycles. The molecular formula is C15H23ClN4O3S. The summed E-state index contributed by atoms with van der Waals surface area (Å²) in [7, 11) is -3.49. The minimum atomic E-state index is -3.49. The Hall–Kier alpha value is -1.64. The molecule has 1 amide bonds. The Morgan fingerprint density at radius 3 is 2.75 bits per heavy atom. The zero-order valence-corrected chi connectivity index (χ0v) is 15.2. The zero-order chi connectivity index (χ0) is 16.7. The van der Waals surface area contributed by atoms with E-state index in [2.05, 4.69) is 20.3 Å². The smallest absolute Gasteiger partial charge is 0.263 e. The molecule has 1 aromatic rings. The van der Waals surface area contributed by atoms with Gasteiger partial charge < -0.3 is 10.6 Å². The number of aliphatic imine (C=N–C) groups is 1. The van der Waals surface area contributed by atoms with Crippen LogP contribution in [0.25, 0.3) is 0 Å². The second-order valence-electron chi connectivity index (χ2n) is 5.14. The molecule has 2 rings (SSSR count). The lowest BCUT2D eigenvalue weighted by molar-refractivity contribution is -0.121. The molecule has 24 heavy (non-hydrogen) atoms. The molecule has 0 saturated carbocycles. The average molecular weight is 375 g/mol. The van der Waals surface area contributed by atoms with E-state index in [1.807, 2.05) is 6.92 Å². The highest BCUT2D eigenvalue weighted by Gasteiger charge is 2.29. The highest BCUT2D eigenvalue weighted by Crippen LogP contribution is 2.22. The molecule has 0 radical (unpaired) electrons. The van der Waals surface area contributed by atoms with E-state index in [1.54, 1.807) is 24.3 Å². The number of sulfonamides is 1.